The minimum absolute atomic E-state index is 0.0366. The monoisotopic (exact) mass is 481 g/mol. The van der Waals surface area contributed by atoms with Gasteiger partial charge >= 0.3 is 0 Å². The fourth-order valence-corrected chi connectivity index (χ4v) is 4.96. The van der Waals surface area contributed by atoms with Crippen molar-refractivity contribution in [2.24, 2.45) is 0 Å². The minimum Gasteiger partial charge on any atom is -0.507 e. The van der Waals surface area contributed by atoms with Crippen molar-refractivity contribution in [3.8, 4) is 22.8 Å². The summed E-state index contributed by atoms with van der Waals surface area (Å²) in [4.78, 5) is 17.4. The number of nitrogens with zero attached hydrogens (tertiary/aromatic N) is 3. The average molecular weight is 482 g/mol. The van der Waals surface area contributed by atoms with Crippen LogP contribution in [0, 0.1) is 0 Å². The molecule has 1 fully saturated rings. The Labute approximate surface area is 203 Å². The van der Waals surface area contributed by atoms with Gasteiger partial charge in [0.1, 0.15) is 11.5 Å². The van der Waals surface area contributed by atoms with Crippen LogP contribution in [0.4, 0.5) is 0 Å². The number of likely N-dealkylation sites (tertiary alicyclic amines) is 1. The number of aromatic hydroxyl groups is 2. The van der Waals surface area contributed by atoms with Crippen LogP contribution < -0.4 is 0 Å². The maximum atomic E-state index is 13.1. The molecule has 2 aliphatic rings. The standard InChI is InChI=1S/C26H28ClN3O4/c27-21-13-19(23(31)14-24(21)32)26-20-16-30(11-8-22(20)28-34-26)25(33)12-17-4-6-18(7-5-17)15-29-9-2-1-3-10-29/h4-7,13-14,31-32H,1-3,8-12,15-16H2. The topological polar surface area (TPSA) is 90.0 Å². The quantitative estimate of drug-likeness (QED) is 0.557. The van der Waals surface area contributed by atoms with E-state index in [0.717, 1.165) is 36.5 Å². The second-order valence-corrected chi connectivity index (χ2v) is 9.56. The Morgan fingerprint density at radius 1 is 1.00 bits per heavy atom. The van der Waals surface area contributed by atoms with Crippen molar-refractivity contribution in [1.82, 2.24) is 15.0 Å². The second-order valence-electron chi connectivity index (χ2n) is 9.15. The minimum atomic E-state index is -0.213. The number of hydrogen-bond donors (Lipinski definition) is 2. The Bertz CT molecular complexity index is 1190. The maximum absolute atomic E-state index is 13.1. The molecule has 0 radical (unpaired) electrons. The van der Waals surface area contributed by atoms with Crippen molar-refractivity contribution in [2.75, 3.05) is 19.6 Å². The molecule has 2 N–H and O–H groups in total. The Hall–Kier alpha value is -3.03. The number of phenolic OH excluding ortho intramolecular Hbond substituents is 2. The molecule has 3 aromatic rings. The summed E-state index contributed by atoms with van der Waals surface area (Å²) in [5.74, 6) is 0.0347. The van der Waals surface area contributed by atoms with Gasteiger partial charge in [-0.05, 0) is 43.1 Å². The van der Waals surface area contributed by atoms with E-state index in [1.165, 1.54) is 37.0 Å². The zero-order valence-corrected chi connectivity index (χ0v) is 19.7. The molecule has 178 valence electrons. The van der Waals surface area contributed by atoms with Gasteiger partial charge in [-0.3, -0.25) is 9.69 Å². The summed E-state index contributed by atoms with van der Waals surface area (Å²) in [6.45, 7) is 4.20. The zero-order chi connectivity index (χ0) is 23.7. The maximum Gasteiger partial charge on any atom is 0.227 e. The van der Waals surface area contributed by atoms with Crippen LogP contribution in [0.5, 0.6) is 11.5 Å². The summed E-state index contributed by atoms with van der Waals surface area (Å²) >= 11 is 6.03. The molecular weight excluding hydrogens is 454 g/mol. The number of carbonyl (C=O) groups excluding carboxylic acids is 1. The van der Waals surface area contributed by atoms with Crippen LogP contribution in [0.1, 0.15) is 41.6 Å². The first-order chi connectivity index (χ1) is 16.5. The van der Waals surface area contributed by atoms with Gasteiger partial charge in [0.2, 0.25) is 5.91 Å². The molecule has 7 nitrogen and oxygen atoms in total. The summed E-state index contributed by atoms with van der Waals surface area (Å²) in [5.41, 5.74) is 4.14. The van der Waals surface area contributed by atoms with Gasteiger partial charge in [-0.1, -0.05) is 47.4 Å². The summed E-state index contributed by atoms with van der Waals surface area (Å²) in [7, 11) is 0. The number of benzene rings is 2. The van der Waals surface area contributed by atoms with E-state index in [0.29, 0.717) is 37.3 Å². The highest BCUT2D eigenvalue weighted by Gasteiger charge is 2.29. The highest BCUT2D eigenvalue weighted by Crippen LogP contribution is 2.40. The number of fused-ring (bicyclic) bond motifs is 1. The van der Waals surface area contributed by atoms with Gasteiger partial charge in [-0.25, -0.2) is 0 Å². The molecule has 0 bridgehead atoms. The first kappa shape index (κ1) is 22.7. The molecule has 34 heavy (non-hydrogen) atoms. The molecule has 0 saturated carbocycles. The van der Waals surface area contributed by atoms with Crippen LogP contribution in [0.15, 0.2) is 40.9 Å². The molecule has 0 atom stereocenters. The van der Waals surface area contributed by atoms with E-state index < -0.39 is 0 Å². The van der Waals surface area contributed by atoms with E-state index in [4.69, 9.17) is 16.1 Å². The Balaban J connectivity index is 1.26. The average Bonchev–Trinajstić information content (AvgIpc) is 3.26. The van der Waals surface area contributed by atoms with Crippen LogP contribution in [-0.2, 0) is 30.7 Å². The number of piperidine rings is 1. The predicted octanol–water partition coefficient (Wildman–Crippen LogP) is 4.52. The fraction of sp³-hybridized carbons (Fsp3) is 0.385. The number of halogens is 1. The highest BCUT2D eigenvalue weighted by molar-refractivity contribution is 6.32. The third-order valence-electron chi connectivity index (χ3n) is 6.73. The van der Waals surface area contributed by atoms with Crippen LogP contribution in [0.25, 0.3) is 11.3 Å². The van der Waals surface area contributed by atoms with Crippen molar-refractivity contribution < 1.29 is 19.5 Å². The van der Waals surface area contributed by atoms with Crippen LogP contribution in [-0.4, -0.2) is 50.7 Å². The molecule has 0 unspecified atom stereocenters. The van der Waals surface area contributed by atoms with E-state index in [2.05, 4.69) is 22.2 Å². The highest BCUT2D eigenvalue weighted by atomic mass is 35.5. The van der Waals surface area contributed by atoms with Crippen LogP contribution >= 0.6 is 11.6 Å². The Morgan fingerprint density at radius 3 is 2.50 bits per heavy atom. The number of phenols is 2. The van der Waals surface area contributed by atoms with E-state index in [1.807, 2.05) is 12.1 Å². The molecule has 2 aromatic carbocycles. The SMILES string of the molecule is O=C(Cc1ccc(CN2CCCCC2)cc1)N1CCc2noc(-c3cc(Cl)c(O)cc3O)c2C1. The number of hydrogen-bond acceptors (Lipinski definition) is 6. The lowest BCUT2D eigenvalue weighted by molar-refractivity contribution is -0.131. The molecule has 8 heteroatoms. The van der Waals surface area contributed by atoms with Gasteiger partial charge in [0, 0.05) is 31.1 Å². The molecule has 5 rings (SSSR count). The molecule has 3 heterocycles. The smallest absolute Gasteiger partial charge is 0.227 e. The number of rotatable bonds is 5. The lowest BCUT2D eigenvalue weighted by Gasteiger charge is -2.27. The second kappa shape index (κ2) is 9.68. The van der Waals surface area contributed by atoms with E-state index in [-0.39, 0.29) is 22.4 Å². The van der Waals surface area contributed by atoms with Gasteiger partial charge in [0.25, 0.3) is 0 Å². The molecule has 0 aliphatic carbocycles. The van der Waals surface area contributed by atoms with Crippen molar-refractivity contribution in [1.29, 1.82) is 0 Å². The molecule has 0 spiro atoms. The number of aromatic nitrogens is 1. The van der Waals surface area contributed by atoms with E-state index >= 15 is 0 Å². The van der Waals surface area contributed by atoms with E-state index in [1.54, 1.807) is 4.90 Å². The Morgan fingerprint density at radius 2 is 1.74 bits per heavy atom. The van der Waals surface area contributed by atoms with Crippen LogP contribution in [0.2, 0.25) is 5.02 Å². The third kappa shape index (κ3) is 4.76. The first-order valence-electron chi connectivity index (χ1n) is 11.7. The molecule has 1 amide bonds. The zero-order valence-electron chi connectivity index (χ0n) is 19.0. The lowest BCUT2D eigenvalue weighted by atomic mass is 10.00. The van der Waals surface area contributed by atoms with Gasteiger partial charge in [0.15, 0.2) is 5.76 Å². The lowest BCUT2D eigenvalue weighted by Crippen LogP contribution is -2.36. The van der Waals surface area contributed by atoms with Crippen LogP contribution in [0.3, 0.4) is 0 Å². The summed E-state index contributed by atoms with van der Waals surface area (Å²) < 4.78 is 5.51. The first-order valence-corrected chi connectivity index (χ1v) is 12.1. The normalized spacial score (nSPS) is 16.4. The van der Waals surface area contributed by atoms with Crippen molar-refractivity contribution in [3.63, 3.8) is 0 Å². The number of carbonyl (C=O) groups is 1. The molecular formula is C26H28ClN3O4. The van der Waals surface area contributed by atoms with Gasteiger partial charge < -0.3 is 19.6 Å². The predicted molar refractivity (Wildman–Crippen MR) is 129 cm³/mol. The Kier molecular flexibility index (Phi) is 6.48. The molecule has 2 aliphatic heterocycles. The van der Waals surface area contributed by atoms with Crippen molar-refractivity contribution >= 4 is 17.5 Å². The summed E-state index contributed by atoms with van der Waals surface area (Å²) in [6.07, 6.45) is 4.78. The summed E-state index contributed by atoms with van der Waals surface area (Å²) in [6, 6.07) is 11.0. The van der Waals surface area contributed by atoms with Crippen molar-refractivity contribution in [2.45, 2.75) is 45.2 Å². The van der Waals surface area contributed by atoms with Gasteiger partial charge in [-0.15, -0.1) is 0 Å². The largest absolute Gasteiger partial charge is 0.507 e. The van der Waals surface area contributed by atoms with Crippen molar-refractivity contribution in [3.05, 3.63) is 63.8 Å². The van der Waals surface area contributed by atoms with Gasteiger partial charge in [0.05, 0.1) is 29.2 Å². The molecule has 1 saturated heterocycles. The molecule has 1 aromatic heterocycles. The van der Waals surface area contributed by atoms with E-state index in [9.17, 15) is 15.0 Å². The number of amides is 1. The third-order valence-corrected chi connectivity index (χ3v) is 7.04. The van der Waals surface area contributed by atoms with Gasteiger partial charge in [-0.2, -0.15) is 0 Å². The summed E-state index contributed by atoms with van der Waals surface area (Å²) in [5, 5.41) is 24.2. The fourth-order valence-electron chi connectivity index (χ4n) is 4.79.